The first kappa shape index (κ1) is 19.9. The maximum Gasteiger partial charge on any atom is 0.255 e. The number of carbonyl (C=O) groups is 1. The first-order chi connectivity index (χ1) is 14.7. The molecule has 30 heavy (non-hydrogen) atoms. The van der Waals surface area contributed by atoms with Gasteiger partial charge in [0.2, 0.25) is 0 Å². The van der Waals surface area contributed by atoms with Crippen LogP contribution in [0.5, 0.6) is 5.75 Å². The molecule has 2 heterocycles. The Hall–Kier alpha value is -3.41. The number of hydrogen-bond acceptors (Lipinski definition) is 5. The number of benzene rings is 2. The summed E-state index contributed by atoms with van der Waals surface area (Å²) in [4.78, 5) is 14.9. The minimum absolute atomic E-state index is 0.165. The van der Waals surface area contributed by atoms with Crippen LogP contribution in [0, 0.1) is 0 Å². The summed E-state index contributed by atoms with van der Waals surface area (Å²) in [6.45, 7) is 4.61. The Kier molecular flexibility index (Phi) is 6.23. The molecular formula is C24H26N4O2. The largest absolute Gasteiger partial charge is 0.494 e. The van der Waals surface area contributed by atoms with Gasteiger partial charge in [0.1, 0.15) is 5.75 Å². The molecule has 1 saturated heterocycles. The van der Waals surface area contributed by atoms with E-state index in [1.807, 2.05) is 43.3 Å². The second kappa shape index (κ2) is 9.39. The van der Waals surface area contributed by atoms with Gasteiger partial charge < -0.3 is 15.0 Å². The number of carbonyl (C=O) groups excluding carboxylic acids is 1. The Morgan fingerprint density at radius 3 is 2.50 bits per heavy atom. The lowest BCUT2D eigenvalue weighted by Gasteiger charge is -2.27. The highest BCUT2D eigenvalue weighted by molar-refractivity contribution is 6.04. The van der Waals surface area contributed by atoms with Crippen LogP contribution in [0.4, 0.5) is 11.5 Å². The number of rotatable bonds is 6. The van der Waals surface area contributed by atoms with E-state index in [9.17, 15) is 4.79 Å². The van der Waals surface area contributed by atoms with Crippen LogP contribution >= 0.6 is 0 Å². The fourth-order valence-corrected chi connectivity index (χ4v) is 3.60. The van der Waals surface area contributed by atoms with E-state index in [2.05, 4.69) is 20.4 Å². The average Bonchev–Trinajstić information content (AvgIpc) is 2.81. The molecule has 0 bridgehead atoms. The van der Waals surface area contributed by atoms with Crippen molar-refractivity contribution in [1.82, 2.24) is 10.2 Å². The third-order valence-electron chi connectivity index (χ3n) is 5.17. The standard InChI is InChI=1S/C24H26N4O2/c1-2-30-21-11-9-18(10-12-21)24(29)25-20-8-6-7-19(17-20)22-13-14-23(27-26-22)28-15-4-3-5-16-28/h6-14,17H,2-5,15-16H2,1H3,(H,25,29). The molecule has 1 aliphatic rings. The van der Waals surface area contributed by atoms with Crippen LogP contribution in [0.3, 0.4) is 0 Å². The highest BCUT2D eigenvalue weighted by Gasteiger charge is 2.13. The molecule has 0 unspecified atom stereocenters. The van der Waals surface area contributed by atoms with Gasteiger partial charge in [0.25, 0.3) is 5.91 Å². The van der Waals surface area contributed by atoms with Gasteiger partial charge in [-0.3, -0.25) is 4.79 Å². The van der Waals surface area contributed by atoms with Crippen LogP contribution in [-0.2, 0) is 0 Å². The molecule has 1 fully saturated rings. The van der Waals surface area contributed by atoms with Crippen molar-refractivity contribution in [2.24, 2.45) is 0 Å². The van der Waals surface area contributed by atoms with E-state index in [-0.39, 0.29) is 5.91 Å². The number of amides is 1. The Bertz CT molecular complexity index is 981. The highest BCUT2D eigenvalue weighted by atomic mass is 16.5. The van der Waals surface area contributed by atoms with Gasteiger partial charge in [-0.2, -0.15) is 0 Å². The Morgan fingerprint density at radius 2 is 1.80 bits per heavy atom. The lowest BCUT2D eigenvalue weighted by atomic mass is 10.1. The molecule has 3 aromatic rings. The molecule has 0 saturated carbocycles. The van der Waals surface area contributed by atoms with E-state index in [1.165, 1.54) is 19.3 Å². The number of ether oxygens (including phenoxy) is 1. The van der Waals surface area contributed by atoms with Crippen molar-refractivity contribution in [2.45, 2.75) is 26.2 Å². The second-order valence-corrected chi connectivity index (χ2v) is 7.32. The van der Waals surface area contributed by atoms with Crippen molar-refractivity contribution < 1.29 is 9.53 Å². The quantitative estimate of drug-likeness (QED) is 0.642. The first-order valence-corrected chi connectivity index (χ1v) is 10.5. The number of nitrogens with one attached hydrogen (secondary N) is 1. The van der Waals surface area contributed by atoms with Gasteiger partial charge in [-0.25, -0.2) is 0 Å². The summed E-state index contributed by atoms with van der Waals surface area (Å²) in [5.41, 5.74) is 2.99. The minimum Gasteiger partial charge on any atom is -0.494 e. The van der Waals surface area contributed by atoms with Crippen LogP contribution in [0.15, 0.2) is 60.7 Å². The van der Waals surface area contributed by atoms with Gasteiger partial charge in [0.15, 0.2) is 5.82 Å². The Balaban J connectivity index is 1.45. The number of piperidine rings is 1. The molecule has 1 aromatic heterocycles. The van der Waals surface area contributed by atoms with E-state index < -0.39 is 0 Å². The summed E-state index contributed by atoms with van der Waals surface area (Å²) in [5.74, 6) is 1.52. The SMILES string of the molecule is CCOc1ccc(C(=O)Nc2cccc(-c3ccc(N4CCCCC4)nn3)c2)cc1. The van der Waals surface area contributed by atoms with Crippen LogP contribution in [0.2, 0.25) is 0 Å². The zero-order chi connectivity index (χ0) is 20.8. The molecule has 0 atom stereocenters. The van der Waals surface area contributed by atoms with Gasteiger partial charge in [-0.1, -0.05) is 12.1 Å². The monoisotopic (exact) mass is 402 g/mol. The highest BCUT2D eigenvalue weighted by Crippen LogP contribution is 2.23. The lowest BCUT2D eigenvalue weighted by Crippen LogP contribution is -2.30. The van der Waals surface area contributed by atoms with E-state index in [0.717, 1.165) is 35.9 Å². The van der Waals surface area contributed by atoms with Gasteiger partial charge in [0.05, 0.1) is 12.3 Å². The van der Waals surface area contributed by atoms with E-state index in [0.29, 0.717) is 17.9 Å². The summed E-state index contributed by atoms with van der Waals surface area (Å²) in [5, 5.41) is 11.8. The maximum atomic E-state index is 12.6. The van der Waals surface area contributed by atoms with Gasteiger partial charge >= 0.3 is 0 Å². The Morgan fingerprint density at radius 1 is 1.00 bits per heavy atom. The molecule has 4 rings (SSSR count). The summed E-state index contributed by atoms with van der Waals surface area (Å²) < 4.78 is 5.42. The summed E-state index contributed by atoms with van der Waals surface area (Å²) >= 11 is 0. The van der Waals surface area contributed by atoms with Gasteiger partial charge in [-0.05, 0) is 74.7 Å². The maximum absolute atomic E-state index is 12.6. The fraction of sp³-hybridized carbons (Fsp3) is 0.292. The van der Waals surface area contributed by atoms with E-state index in [4.69, 9.17) is 4.74 Å². The molecule has 2 aromatic carbocycles. The molecule has 1 N–H and O–H groups in total. The fourth-order valence-electron chi connectivity index (χ4n) is 3.60. The van der Waals surface area contributed by atoms with Crippen LogP contribution in [-0.4, -0.2) is 35.8 Å². The van der Waals surface area contributed by atoms with Crippen LogP contribution < -0.4 is 15.0 Å². The van der Waals surface area contributed by atoms with Gasteiger partial charge in [0, 0.05) is 29.9 Å². The minimum atomic E-state index is -0.165. The van der Waals surface area contributed by atoms with E-state index in [1.54, 1.807) is 24.3 Å². The average molecular weight is 402 g/mol. The second-order valence-electron chi connectivity index (χ2n) is 7.32. The molecule has 0 spiro atoms. The molecule has 0 radical (unpaired) electrons. The number of aromatic nitrogens is 2. The predicted octanol–water partition coefficient (Wildman–Crippen LogP) is 4.78. The third-order valence-corrected chi connectivity index (χ3v) is 5.17. The normalized spacial score (nSPS) is 13.7. The third kappa shape index (κ3) is 4.76. The first-order valence-electron chi connectivity index (χ1n) is 10.5. The van der Waals surface area contributed by atoms with E-state index >= 15 is 0 Å². The smallest absolute Gasteiger partial charge is 0.255 e. The number of anilines is 2. The predicted molar refractivity (Wildman–Crippen MR) is 119 cm³/mol. The molecule has 6 heteroatoms. The van der Waals surface area contributed by atoms with Gasteiger partial charge in [-0.15, -0.1) is 10.2 Å². The molecule has 0 aliphatic carbocycles. The molecular weight excluding hydrogens is 376 g/mol. The Labute approximate surface area is 176 Å². The van der Waals surface area contributed by atoms with Crippen LogP contribution in [0.25, 0.3) is 11.3 Å². The lowest BCUT2D eigenvalue weighted by molar-refractivity contribution is 0.102. The summed E-state index contributed by atoms with van der Waals surface area (Å²) in [6, 6.07) is 18.8. The summed E-state index contributed by atoms with van der Waals surface area (Å²) in [7, 11) is 0. The van der Waals surface area contributed by atoms with Crippen molar-refractivity contribution in [2.75, 3.05) is 29.9 Å². The molecule has 1 aliphatic heterocycles. The van der Waals surface area contributed by atoms with Crippen molar-refractivity contribution >= 4 is 17.4 Å². The molecule has 154 valence electrons. The molecule has 6 nitrogen and oxygen atoms in total. The number of hydrogen-bond donors (Lipinski definition) is 1. The number of nitrogens with zero attached hydrogens (tertiary/aromatic N) is 3. The molecule has 1 amide bonds. The van der Waals surface area contributed by atoms with Crippen LogP contribution in [0.1, 0.15) is 36.5 Å². The topological polar surface area (TPSA) is 67.3 Å². The zero-order valence-corrected chi connectivity index (χ0v) is 17.2. The zero-order valence-electron chi connectivity index (χ0n) is 17.2. The van der Waals surface area contributed by atoms with Crippen molar-refractivity contribution in [1.29, 1.82) is 0 Å². The van der Waals surface area contributed by atoms with Crippen molar-refractivity contribution in [3.8, 4) is 17.0 Å². The van der Waals surface area contributed by atoms with Crippen molar-refractivity contribution in [3.63, 3.8) is 0 Å². The van der Waals surface area contributed by atoms with Crippen molar-refractivity contribution in [3.05, 3.63) is 66.2 Å². The summed E-state index contributed by atoms with van der Waals surface area (Å²) in [6.07, 6.45) is 3.70.